The summed E-state index contributed by atoms with van der Waals surface area (Å²) in [5.74, 6) is 1.86. The Morgan fingerprint density at radius 2 is 2.41 bits per heavy atom. The van der Waals surface area contributed by atoms with Gasteiger partial charge in [-0.15, -0.1) is 0 Å². The molecule has 2 atom stereocenters. The monoisotopic (exact) mass is 236 g/mol. The number of piperidine rings is 1. The minimum Gasteiger partial charge on any atom is -0.469 e. The number of nitrogens with zero attached hydrogens (tertiary/aromatic N) is 1. The number of furan rings is 1. The van der Waals surface area contributed by atoms with Crippen molar-refractivity contribution in [1.29, 1.82) is 0 Å². The molecule has 0 bridgehead atoms. The third kappa shape index (κ3) is 2.52. The fraction of sp³-hybridized carbons (Fsp3) is 0.615. The van der Waals surface area contributed by atoms with Crippen molar-refractivity contribution < 1.29 is 9.21 Å². The molecule has 2 N–H and O–H groups in total. The van der Waals surface area contributed by atoms with E-state index in [-0.39, 0.29) is 5.91 Å². The molecule has 1 aromatic heterocycles. The van der Waals surface area contributed by atoms with Crippen LogP contribution < -0.4 is 5.73 Å². The Bertz CT molecular complexity index is 400. The Morgan fingerprint density at radius 1 is 1.65 bits per heavy atom. The van der Waals surface area contributed by atoms with Crippen molar-refractivity contribution in [2.45, 2.75) is 20.3 Å². The van der Waals surface area contributed by atoms with Gasteiger partial charge >= 0.3 is 0 Å². The van der Waals surface area contributed by atoms with Gasteiger partial charge in [0.1, 0.15) is 12.0 Å². The Balaban J connectivity index is 2.05. The fourth-order valence-corrected chi connectivity index (χ4v) is 2.38. The summed E-state index contributed by atoms with van der Waals surface area (Å²) in [6.45, 7) is 6.29. The van der Waals surface area contributed by atoms with Crippen LogP contribution in [0.4, 0.5) is 0 Å². The minimum absolute atomic E-state index is 0.0622. The zero-order valence-electron chi connectivity index (χ0n) is 10.5. The van der Waals surface area contributed by atoms with Gasteiger partial charge in [0.25, 0.3) is 5.91 Å². The molecule has 1 aliphatic heterocycles. The van der Waals surface area contributed by atoms with Crippen LogP contribution in [0, 0.1) is 18.8 Å². The third-order valence-electron chi connectivity index (χ3n) is 3.68. The molecule has 4 nitrogen and oxygen atoms in total. The Hall–Kier alpha value is -1.29. The molecule has 2 rings (SSSR count). The zero-order chi connectivity index (χ0) is 12.4. The topological polar surface area (TPSA) is 59.5 Å². The molecular formula is C13H20N2O2. The fourth-order valence-electron chi connectivity index (χ4n) is 2.38. The van der Waals surface area contributed by atoms with Gasteiger partial charge in [0, 0.05) is 13.1 Å². The van der Waals surface area contributed by atoms with Gasteiger partial charge in [0.15, 0.2) is 0 Å². The number of nitrogens with two attached hydrogens (primary N) is 1. The number of amides is 1. The summed E-state index contributed by atoms with van der Waals surface area (Å²) in [7, 11) is 0. The van der Waals surface area contributed by atoms with Crippen molar-refractivity contribution in [1.82, 2.24) is 4.90 Å². The van der Waals surface area contributed by atoms with E-state index in [2.05, 4.69) is 6.92 Å². The lowest BCUT2D eigenvalue weighted by atomic mass is 9.87. The third-order valence-corrected chi connectivity index (χ3v) is 3.68. The predicted octanol–water partition coefficient (Wildman–Crippen LogP) is 1.64. The summed E-state index contributed by atoms with van der Waals surface area (Å²) in [4.78, 5) is 14.1. The van der Waals surface area contributed by atoms with Crippen molar-refractivity contribution in [3.05, 3.63) is 23.7 Å². The van der Waals surface area contributed by atoms with E-state index in [4.69, 9.17) is 10.2 Å². The number of carbonyl (C=O) groups is 1. The predicted molar refractivity (Wildman–Crippen MR) is 65.7 cm³/mol. The molecule has 1 aromatic rings. The van der Waals surface area contributed by atoms with Crippen LogP contribution >= 0.6 is 0 Å². The molecule has 0 aromatic carbocycles. The largest absolute Gasteiger partial charge is 0.469 e. The van der Waals surface area contributed by atoms with Crippen molar-refractivity contribution in [3.63, 3.8) is 0 Å². The maximum atomic E-state index is 12.2. The van der Waals surface area contributed by atoms with Gasteiger partial charge in [0.05, 0.1) is 5.56 Å². The van der Waals surface area contributed by atoms with Crippen molar-refractivity contribution in [2.24, 2.45) is 17.6 Å². The summed E-state index contributed by atoms with van der Waals surface area (Å²) >= 11 is 0. The molecule has 0 saturated carbocycles. The Morgan fingerprint density at radius 3 is 3.00 bits per heavy atom. The Labute approximate surface area is 102 Å². The van der Waals surface area contributed by atoms with Crippen LogP contribution in [0.3, 0.4) is 0 Å². The highest BCUT2D eigenvalue weighted by atomic mass is 16.3. The van der Waals surface area contributed by atoms with Gasteiger partial charge in [-0.2, -0.15) is 0 Å². The van der Waals surface area contributed by atoms with Gasteiger partial charge in [-0.3, -0.25) is 4.79 Å². The molecule has 17 heavy (non-hydrogen) atoms. The highest BCUT2D eigenvalue weighted by Crippen LogP contribution is 2.23. The van der Waals surface area contributed by atoms with Gasteiger partial charge in [-0.05, 0) is 37.8 Å². The molecule has 4 heteroatoms. The second-order valence-corrected chi connectivity index (χ2v) is 4.96. The SMILES string of the molecule is Cc1cc(C(=O)N2CCC(C)C(CN)C2)co1. The maximum absolute atomic E-state index is 12.2. The van der Waals surface area contributed by atoms with Crippen LogP contribution in [-0.2, 0) is 0 Å². The molecule has 2 unspecified atom stereocenters. The normalized spacial score (nSPS) is 25.0. The highest BCUT2D eigenvalue weighted by molar-refractivity contribution is 5.94. The van der Waals surface area contributed by atoms with Gasteiger partial charge in [0.2, 0.25) is 0 Å². The van der Waals surface area contributed by atoms with Crippen molar-refractivity contribution >= 4 is 5.91 Å². The second-order valence-electron chi connectivity index (χ2n) is 4.96. The number of likely N-dealkylation sites (tertiary alicyclic amines) is 1. The van der Waals surface area contributed by atoms with E-state index in [0.717, 1.165) is 25.3 Å². The van der Waals surface area contributed by atoms with Crippen LogP contribution in [0.2, 0.25) is 0 Å². The molecule has 1 saturated heterocycles. The van der Waals surface area contributed by atoms with Gasteiger partial charge < -0.3 is 15.1 Å². The van der Waals surface area contributed by atoms with Crippen LogP contribution in [0.15, 0.2) is 16.7 Å². The molecule has 1 fully saturated rings. The lowest BCUT2D eigenvalue weighted by Crippen LogP contribution is -2.45. The number of aryl methyl sites for hydroxylation is 1. The first-order valence-corrected chi connectivity index (χ1v) is 6.16. The minimum atomic E-state index is 0.0622. The highest BCUT2D eigenvalue weighted by Gasteiger charge is 2.28. The van der Waals surface area contributed by atoms with Gasteiger partial charge in [-0.1, -0.05) is 6.92 Å². The molecular weight excluding hydrogens is 216 g/mol. The van der Waals surface area contributed by atoms with Crippen LogP contribution in [0.5, 0.6) is 0 Å². The van der Waals surface area contributed by atoms with E-state index in [1.807, 2.05) is 11.8 Å². The first-order valence-electron chi connectivity index (χ1n) is 6.16. The zero-order valence-corrected chi connectivity index (χ0v) is 10.5. The lowest BCUT2D eigenvalue weighted by Gasteiger charge is -2.36. The van der Waals surface area contributed by atoms with Crippen molar-refractivity contribution in [2.75, 3.05) is 19.6 Å². The summed E-state index contributed by atoms with van der Waals surface area (Å²) in [6.07, 6.45) is 2.57. The van der Waals surface area contributed by atoms with Crippen LogP contribution in [-0.4, -0.2) is 30.4 Å². The number of carbonyl (C=O) groups excluding carboxylic acids is 1. The van der Waals surface area contributed by atoms with E-state index in [9.17, 15) is 4.79 Å². The molecule has 94 valence electrons. The number of hydrogen-bond acceptors (Lipinski definition) is 3. The second kappa shape index (κ2) is 4.92. The molecule has 0 spiro atoms. The van der Waals surface area contributed by atoms with Crippen LogP contribution in [0.25, 0.3) is 0 Å². The number of rotatable bonds is 2. The average Bonchev–Trinajstić information content (AvgIpc) is 2.75. The number of hydrogen-bond donors (Lipinski definition) is 1. The Kier molecular flexibility index (Phi) is 3.52. The smallest absolute Gasteiger partial charge is 0.257 e. The molecule has 1 amide bonds. The standard InChI is InChI=1S/C13H20N2O2/c1-9-3-4-15(7-12(9)6-14)13(16)11-5-10(2)17-8-11/h5,8-9,12H,3-4,6-7,14H2,1-2H3. The van der Waals surface area contributed by atoms with Gasteiger partial charge in [-0.25, -0.2) is 0 Å². The van der Waals surface area contributed by atoms with E-state index in [1.165, 1.54) is 6.26 Å². The van der Waals surface area contributed by atoms with Crippen LogP contribution in [0.1, 0.15) is 29.5 Å². The summed E-state index contributed by atoms with van der Waals surface area (Å²) in [5.41, 5.74) is 6.39. The van der Waals surface area contributed by atoms with E-state index < -0.39 is 0 Å². The summed E-state index contributed by atoms with van der Waals surface area (Å²) in [6, 6.07) is 1.79. The lowest BCUT2D eigenvalue weighted by molar-refractivity contribution is 0.0618. The van der Waals surface area contributed by atoms with E-state index >= 15 is 0 Å². The molecule has 2 heterocycles. The summed E-state index contributed by atoms with van der Waals surface area (Å²) in [5, 5.41) is 0. The average molecular weight is 236 g/mol. The van der Waals surface area contributed by atoms with E-state index in [0.29, 0.717) is 23.9 Å². The molecule has 0 radical (unpaired) electrons. The van der Waals surface area contributed by atoms with Crippen molar-refractivity contribution in [3.8, 4) is 0 Å². The van der Waals surface area contributed by atoms with E-state index in [1.54, 1.807) is 6.07 Å². The molecule has 1 aliphatic rings. The maximum Gasteiger partial charge on any atom is 0.257 e. The summed E-state index contributed by atoms with van der Waals surface area (Å²) < 4.78 is 5.18. The first-order chi connectivity index (χ1) is 8.11. The first kappa shape index (κ1) is 12.2. The quantitative estimate of drug-likeness (QED) is 0.849. The molecule has 0 aliphatic carbocycles.